The van der Waals surface area contributed by atoms with Gasteiger partial charge in [-0.2, -0.15) is 0 Å². The van der Waals surface area contributed by atoms with E-state index in [4.69, 9.17) is 16.7 Å². The summed E-state index contributed by atoms with van der Waals surface area (Å²) in [5.41, 5.74) is 0.0849. The van der Waals surface area contributed by atoms with Gasteiger partial charge in [0, 0.05) is 23.4 Å². The summed E-state index contributed by atoms with van der Waals surface area (Å²) >= 11 is 6.99. The average molecular weight is 327 g/mol. The van der Waals surface area contributed by atoms with Gasteiger partial charge in [-0.15, -0.1) is 11.3 Å². The second-order valence-electron chi connectivity index (χ2n) is 4.10. The highest BCUT2D eigenvalue weighted by Gasteiger charge is 2.12. The van der Waals surface area contributed by atoms with Crippen molar-refractivity contribution >= 4 is 34.8 Å². The lowest BCUT2D eigenvalue weighted by atomic mass is 10.2. The fourth-order valence-corrected chi connectivity index (χ4v) is 2.54. The molecule has 1 amide bonds. The smallest absolute Gasteiger partial charge is 0.355 e. The zero-order valence-electron chi connectivity index (χ0n) is 10.7. The Kier molecular flexibility index (Phi) is 4.77. The van der Waals surface area contributed by atoms with Crippen molar-refractivity contribution in [1.82, 2.24) is 10.3 Å². The number of carbonyl (C=O) groups is 2. The van der Waals surface area contributed by atoms with Crippen molar-refractivity contribution in [2.45, 2.75) is 6.42 Å². The lowest BCUT2D eigenvalue weighted by molar-refractivity contribution is 0.0690. The van der Waals surface area contributed by atoms with E-state index in [0.717, 1.165) is 0 Å². The minimum Gasteiger partial charge on any atom is -0.507 e. The highest BCUT2D eigenvalue weighted by atomic mass is 35.5. The van der Waals surface area contributed by atoms with E-state index in [9.17, 15) is 14.7 Å². The van der Waals surface area contributed by atoms with Gasteiger partial charge in [-0.1, -0.05) is 11.6 Å². The molecule has 8 heteroatoms. The Morgan fingerprint density at radius 1 is 1.38 bits per heavy atom. The number of thiazole rings is 1. The molecule has 0 spiro atoms. The van der Waals surface area contributed by atoms with Crippen LogP contribution in [0.3, 0.4) is 0 Å². The third-order valence-corrected chi connectivity index (χ3v) is 3.74. The second kappa shape index (κ2) is 6.55. The number of aromatic nitrogens is 1. The fraction of sp³-hybridized carbons (Fsp3) is 0.154. The number of phenols is 1. The Morgan fingerprint density at radius 2 is 2.14 bits per heavy atom. The van der Waals surface area contributed by atoms with Crippen molar-refractivity contribution in [2.75, 3.05) is 6.54 Å². The van der Waals surface area contributed by atoms with Gasteiger partial charge in [0.05, 0.1) is 10.6 Å². The molecule has 0 unspecified atom stereocenters. The predicted molar refractivity (Wildman–Crippen MR) is 78.2 cm³/mol. The predicted octanol–water partition coefficient (Wildman–Crippen LogP) is 2.17. The summed E-state index contributed by atoms with van der Waals surface area (Å²) in [6.07, 6.45) is 0.408. The van der Waals surface area contributed by atoms with Crippen molar-refractivity contribution in [2.24, 2.45) is 0 Å². The first kappa shape index (κ1) is 15.3. The van der Waals surface area contributed by atoms with E-state index in [2.05, 4.69) is 10.3 Å². The average Bonchev–Trinajstić information content (AvgIpc) is 2.90. The number of nitrogens with one attached hydrogen (secondary N) is 1. The molecule has 0 fully saturated rings. The number of nitrogens with zero attached hydrogens (tertiary/aromatic N) is 1. The van der Waals surface area contributed by atoms with Crippen LogP contribution < -0.4 is 5.32 Å². The Balaban J connectivity index is 1.92. The number of amides is 1. The van der Waals surface area contributed by atoms with E-state index >= 15 is 0 Å². The Labute approximate surface area is 129 Å². The maximum Gasteiger partial charge on any atom is 0.355 e. The summed E-state index contributed by atoms with van der Waals surface area (Å²) in [5.74, 6) is -1.69. The number of carbonyl (C=O) groups excluding carboxylic acids is 1. The fourth-order valence-electron chi connectivity index (χ4n) is 1.59. The normalized spacial score (nSPS) is 10.3. The third-order valence-electron chi connectivity index (χ3n) is 2.60. The molecule has 1 aromatic heterocycles. The monoisotopic (exact) mass is 326 g/mol. The van der Waals surface area contributed by atoms with Gasteiger partial charge in [-0.3, -0.25) is 4.79 Å². The van der Waals surface area contributed by atoms with Crippen LogP contribution in [0.4, 0.5) is 0 Å². The molecule has 110 valence electrons. The van der Waals surface area contributed by atoms with Gasteiger partial charge in [0.1, 0.15) is 5.75 Å². The molecule has 2 aromatic rings. The van der Waals surface area contributed by atoms with Gasteiger partial charge in [0.25, 0.3) is 5.91 Å². The molecule has 0 aliphatic heterocycles. The number of benzene rings is 1. The van der Waals surface area contributed by atoms with Gasteiger partial charge in [0.15, 0.2) is 5.69 Å². The second-order valence-corrected chi connectivity index (χ2v) is 5.48. The number of halogens is 1. The summed E-state index contributed by atoms with van der Waals surface area (Å²) in [7, 11) is 0. The zero-order chi connectivity index (χ0) is 15.4. The van der Waals surface area contributed by atoms with Gasteiger partial charge in [-0.25, -0.2) is 9.78 Å². The van der Waals surface area contributed by atoms with Crippen LogP contribution in [0.25, 0.3) is 0 Å². The minimum atomic E-state index is -1.08. The third kappa shape index (κ3) is 3.93. The van der Waals surface area contributed by atoms with E-state index in [1.165, 1.54) is 34.9 Å². The number of carboxylic acids is 1. The van der Waals surface area contributed by atoms with Crippen molar-refractivity contribution in [3.05, 3.63) is 44.9 Å². The quantitative estimate of drug-likeness (QED) is 0.782. The molecule has 1 heterocycles. The Hall–Kier alpha value is -2.12. The standard InChI is InChI=1S/C13H11ClN2O4S/c14-7-1-2-10(17)8(5-7)12(18)15-4-3-11-16-9(6-21-11)13(19)20/h1-2,5-6,17H,3-4H2,(H,15,18)(H,19,20). The number of hydrogen-bond donors (Lipinski definition) is 3. The van der Waals surface area contributed by atoms with Crippen LogP contribution in [0.2, 0.25) is 5.02 Å². The van der Waals surface area contributed by atoms with Gasteiger partial charge < -0.3 is 15.5 Å². The SMILES string of the molecule is O=C(O)c1csc(CCNC(=O)c2cc(Cl)ccc2O)n1. The Bertz CT molecular complexity index is 687. The van der Waals surface area contributed by atoms with E-state index in [1.54, 1.807) is 0 Å². The van der Waals surface area contributed by atoms with Crippen molar-refractivity contribution in [1.29, 1.82) is 0 Å². The molecule has 0 atom stereocenters. The molecule has 0 aliphatic rings. The van der Waals surface area contributed by atoms with Crippen LogP contribution >= 0.6 is 22.9 Å². The minimum absolute atomic E-state index is 0.00573. The van der Waals surface area contributed by atoms with Crippen LogP contribution in [-0.4, -0.2) is 33.6 Å². The van der Waals surface area contributed by atoms with Crippen molar-refractivity contribution < 1.29 is 19.8 Å². The van der Waals surface area contributed by atoms with Gasteiger partial charge in [0.2, 0.25) is 0 Å². The first-order valence-corrected chi connectivity index (χ1v) is 7.17. The Morgan fingerprint density at radius 3 is 2.81 bits per heavy atom. The van der Waals surface area contributed by atoms with Crippen LogP contribution in [0.1, 0.15) is 25.9 Å². The number of carboxylic acid groups (broad SMARTS) is 1. The summed E-state index contributed by atoms with van der Waals surface area (Å²) < 4.78 is 0. The largest absolute Gasteiger partial charge is 0.507 e. The van der Waals surface area contributed by atoms with Gasteiger partial charge >= 0.3 is 5.97 Å². The first-order chi connectivity index (χ1) is 9.97. The highest BCUT2D eigenvalue weighted by molar-refractivity contribution is 7.09. The molecule has 21 heavy (non-hydrogen) atoms. The van der Waals surface area contributed by atoms with Crippen molar-refractivity contribution in [3.63, 3.8) is 0 Å². The number of aromatic carboxylic acids is 1. The topological polar surface area (TPSA) is 99.5 Å². The molecule has 0 aliphatic carbocycles. The maximum absolute atomic E-state index is 11.9. The van der Waals surface area contributed by atoms with Crippen LogP contribution in [0.15, 0.2) is 23.6 Å². The lowest BCUT2D eigenvalue weighted by Crippen LogP contribution is -2.25. The van der Waals surface area contributed by atoms with Crippen LogP contribution in [0, 0.1) is 0 Å². The molecule has 1 aromatic carbocycles. The van der Waals surface area contributed by atoms with Gasteiger partial charge in [-0.05, 0) is 18.2 Å². The van der Waals surface area contributed by atoms with E-state index in [1.807, 2.05) is 0 Å². The van der Waals surface area contributed by atoms with Crippen LogP contribution in [-0.2, 0) is 6.42 Å². The highest BCUT2D eigenvalue weighted by Crippen LogP contribution is 2.21. The molecule has 6 nitrogen and oxygen atoms in total. The number of rotatable bonds is 5. The first-order valence-electron chi connectivity index (χ1n) is 5.92. The molecular formula is C13H11ClN2O4S. The lowest BCUT2D eigenvalue weighted by Gasteiger charge is -2.06. The summed E-state index contributed by atoms with van der Waals surface area (Å²) in [6, 6.07) is 4.20. The van der Waals surface area contributed by atoms with Crippen molar-refractivity contribution in [3.8, 4) is 5.75 Å². The molecule has 0 bridgehead atoms. The summed E-state index contributed by atoms with van der Waals surface area (Å²) in [6.45, 7) is 0.275. The molecule has 0 saturated heterocycles. The zero-order valence-corrected chi connectivity index (χ0v) is 12.2. The maximum atomic E-state index is 11.9. The molecule has 3 N–H and O–H groups in total. The molecule has 0 saturated carbocycles. The summed E-state index contributed by atoms with van der Waals surface area (Å²) in [5, 5.41) is 23.4. The molecular weight excluding hydrogens is 316 g/mol. The molecule has 2 rings (SSSR count). The van der Waals surface area contributed by atoms with E-state index < -0.39 is 11.9 Å². The number of phenolic OH excluding ortho intramolecular Hbond substituents is 1. The number of aromatic hydroxyl groups is 1. The summed E-state index contributed by atoms with van der Waals surface area (Å²) in [4.78, 5) is 26.5. The van der Waals surface area contributed by atoms with Crippen LogP contribution in [0.5, 0.6) is 5.75 Å². The van der Waals surface area contributed by atoms with E-state index in [-0.39, 0.29) is 23.6 Å². The van der Waals surface area contributed by atoms with E-state index in [0.29, 0.717) is 16.5 Å². The molecule has 0 radical (unpaired) electrons. The number of hydrogen-bond acceptors (Lipinski definition) is 5.